The molecule has 21 heavy (non-hydrogen) atoms. The molecule has 1 aliphatic heterocycles. The number of carboxylic acid groups (broad SMARTS) is 1. The minimum atomic E-state index is -0.857. The molecule has 6 heteroatoms. The van der Waals surface area contributed by atoms with Gasteiger partial charge in [-0.3, -0.25) is 4.79 Å². The molecule has 0 spiro atoms. The molecule has 2 rings (SSSR count). The highest BCUT2D eigenvalue weighted by Crippen LogP contribution is 2.28. The van der Waals surface area contributed by atoms with Crippen LogP contribution in [0.15, 0.2) is 18.2 Å². The van der Waals surface area contributed by atoms with Crippen molar-refractivity contribution in [3.05, 3.63) is 29.3 Å². The van der Waals surface area contributed by atoms with Crippen molar-refractivity contribution in [2.75, 3.05) is 13.2 Å². The number of aliphatic carboxylic acids is 1. The average molecular weight is 292 g/mol. The van der Waals surface area contributed by atoms with Gasteiger partial charge in [-0.25, -0.2) is 4.79 Å². The number of hydrogen-bond acceptors (Lipinski definition) is 3. The van der Waals surface area contributed by atoms with Crippen molar-refractivity contribution in [1.29, 1.82) is 0 Å². The van der Waals surface area contributed by atoms with Crippen molar-refractivity contribution in [3.8, 4) is 5.75 Å². The first-order chi connectivity index (χ1) is 10.1. The molecule has 0 aromatic heterocycles. The third-order valence-electron chi connectivity index (χ3n) is 3.38. The second-order valence-electron chi connectivity index (χ2n) is 5.17. The number of urea groups is 1. The van der Waals surface area contributed by atoms with Crippen LogP contribution in [-0.2, 0) is 11.2 Å². The molecule has 0 fully saturated rings. The lowest BCUT2D eigenvalue weighted by atomic mass is 10.0. The second-order valence-corrected chi connectivity index (χ2v) is 5.17. The van der Waals surface area contributed by atoms with E-state index in [9.17, 15) is 9.59 Å². The zero-order valence-electron chi connectivity index (χ0n) is 12.0. The van der Waals surface area contributed by atoms with Crippen molar-refractivity contribution in [2.45, 2.75) is 32.2 Å². The molecule has 1 aliphatic rings. The fraction of sp³-hybridized carbons (Fsp3) is 0.467. The number of aryl methyl sites for hydroxylation is 1. The molecule has 0 aliphatic carbocycles. The Morgan fingerprint density at radius 2 is 2.24 bits per heavy atom. The zero-order chi connectivity index (χ0) is 15.2. The van der Waals surface area contributed by atoms with E-state index in [1.54, 1.807) is 0 Å². The smallest absolute Gasteiger partial charge is 0.315 e. The predicted molar refractivity (Wildman–Crippen MR) is 77.6 cm³/mol. The Kier molecular flexibility index (Phi) is 5.03. The van der Waals surface area contributed by atoms with E-state index in [0.29, 0.717) is 19.6 Å². The molecule has 1 unspecified atom stereocenters. The molecule has 1 aromatic rings. The van der Waals surface area contributed by atoms with Crippen molar-refractivity contribution in [2.24, 2.45) is 0 Å². The van der Waals surface area contributed by atoms with Crippen molar-refractivity contribution >= 4 is 12.0 Å². The van der Waals surface area contributed by atoms with Crippen LogP contribution in [0, 0.1) is 6.92 Å². The van der Waals surface area contributed by atoms with Crippen LogP contribution in [0.25, 0.3) is 0 Å². The summed E-state index contributed by atoms with van der Waals surface area (Å²) in [4.78, 5) is 22.1. The van der Waals surface area contributed by atoms with Gasteiger partial charge in [-0.2, -0.15) is 0 Å². The highest BCUT2D eigenvalue weighted by molar-refractivity contribution is 5.74. The lowest BCUT2D eigenvalue weighted by molar-refractivity contribution is -0.137. The minimum Gasteiger partial charge on any atom is -0.491 e. The van der Waals surface area contributed by atoms with Gasteiger partial charge in [-0.05, 0) is 30.9 Å². The number of fused-ring (bicyclic) bond motifs is 1. The summed E-state index contributed by atoms with van der Waals surface area (Å²) in [6, 6.07) is 5.62. The van der Waals surface area contributed by atoms with Gasteiger partial charge in [-0.15, -0.1) is 0 Å². The van der Waals surface area contributed by atoms with Crippen molar-refractivity contribution in [3.63, 3.8) is 0 Å². The van der Waals surface area contributed by atoms with Crippen LogP contribution < -0.4 is 15.4 Å². The monoisotopic (exact) mass is 292 g/mol. The molecule has 0 saturated carbocycles. The summed E-state index contributed by atoms with van der Waals surface area (Å²) < 4.78 is 5.70. The van der Waals surface area contributed by atoms with Crippen LogP contribution in [0.1, 0.15) is 24.0 Å². The van der Waals surface area contributed by atoms with Gasteiger partial charge >= 0.3 is 12.0 Å². The first kappa shape index (κ1) is 15.2. The van der Waals surface area contributed by atoms with Gasteiger partial charge in [0.1, 0.15) is 12.4 Å². The lowest BCUT2D eigenvalue weighted by Gasteiger charge is -2.27. The molecule has 1 aromatic carbocycles. The number of amides is 2. The van der Waals surface area contributed by atoms with Gasteiger partial charge in [0.25, 0.3) is 0 Å². The van der Waals surface area contributed by atoms with Gasteiger partial charge in [0, 0.05) is 13.0 Å². The van der Waals surface area contributed by atoms with E-state index in [1.165, 1.54) is 0 Å². The number of carbonyl (C=O) groups is 2. The van der Waals surface area contributed by atoms with E-state index in [1.807, 2.05) is 25.1 Å². The Labute approximate surface area is 123 Å². The predicted octanol–water partition coefficient (Wildman–Crippen LogP) is 1.46. The standard InChI is InChI=1S/C15H20N2O4/c1-10-4-2-5-11-8-12(9-21-14(10)11)17-15(20)16-7-3-6-13(18)19/h2,4-5,12H,3,6-9H2,1H3,(H,18,19)(H2,16,17,20). The maximum atomic E-state index is 11.7. The molecule has 0 saturated heterocycles. The molecule has 0 radical (unpaired) electrons. The van der Waals surface area contributed by atoms with Gasteiger partial charge in [0.2, 0.25) is 0 Å². The maximum Gasteiger partial charge on any atom is 0.315 e. The van der Waals surface area contributed by atoms with E-state index < -0.39 is 5.97 Å². The van der Waals surface area contributed by atoms with Crippen LogP contribution in [-0.4, -0.2) is 36.3 Å². The Morgan fingerprint density at radius 1 is 1.43 bits per heavy atom. The molecule has 2 amide bonds. The summed E-state index contributed by atoms with van der Waals surface area (Å²) in [5.41, 5.74) is 2.20. The van der Waals surface area contributed by atoms with Crippen LogP contribution in [0.2, 0.25) is 0 Å². The van der Waals surface area contributed by atoms with Gasteiger partial charge in [0.15, 0.2) is 0 Å². The number of benzene rings is 1. The van der Waals surface area contributed by atoms with Crippen molar-refractivity contribution in [1.82, 2.24) is 10.6 Å². The SMILES string of the molecule is Cc1cccc2c1OCC(NC(=O)NCCCC(=O)O)C2. The summed E-state index contributed by atoms with van der Waals surface area (Å²) in [6.45, 7) is 2.80. The third kappa shape index (κ3) is 4.37. The fourth-order valence-corrected chi connectivity index (χ4v) is 2.36. The van der Waals surface area contributed by atoms with Crippen LogP contribution in [0.3, 0.4) is 0 Å². The molecule has 1 atom stereocenters. The number of para-hydroxylation sites is 1. The summed E-state index contributed by atoms with van der Waals surface area (Å²) in [5, 5.41) is 14.0. The highest BCUT2D eigenvalue weighted by Gasteiger charge is 2.22. The number of ether oxygens (including phenoxy) is 1. The fourth-order valence-electron chi connectivity index (χ4n) is 2.36. The second kappa shape index (κ2) is 6.97. The van der Waals surface area contributed by atoms with E-state index >= 15 is 0 Å². The number of carbonyl (C=O) groups excluding carboxylic acids is 1. The molecule has 0 bridgehead atoms. The summed E-state index contributed by atoms with van der Waals surface area (Å²) in [6.07, 6.45) is 1.21. The minimum absolute atomic E-state index is 0.0550. The lowest BCUT2D eigenvalue weighted by Crippen LogP contribution is -2.47. The summed E-state index contributed by atoms with van der Waals surface area (Å²) in [5.74, 6) is 0.0577. The molecule has 6 nitrogen and oxygen atoms in total. The molecular weight excluding hydrogens is 272 g/mol. The zero-order valence-corrected chi connectivity index (χ0v) is 12.0. The van der Waals surface area contributed by atoms with Crippen LogP contribution >= 0.6 is 0 Å². The number of rotatable bonds is 5. The maximum absolute atomic E-state index is 11.7. The first-order valence-electron chi connectivity index (χ1n) is 7.03. The van der Waals surface area contributed by atoms with Gasteiger partial charge in [0.05, 0.1) is 6.04 Å². The topological polar surface area (TPSA) is 87.7 Å². The number of hydrogen-bond donors (Lipinski definition) is 3. The van der Waals surface area contributed by atoms with Gasteiger partial charge < -0.3 is 20.5 Å². The summed E-state index contributed by atoms with van der Waals surface area (Å²) in [7, 11) is 0. The molecular formula is C15H20N2O4. The van der Waals surface area contributed by atoms with E-state index in [-0.39, 0.29) is 18.5 Å². The first-order valence-corrected chi connectivity index (χ1v) is 7.03. The van der Waals surface area contributed by atoms with Crippen LogP contribution in [0.5, 0.6) is 5.75 Å². The van der Waals surface area contributed by atoms with E-state index in [0.717, 1.165) is 23.3 Å². The Morgan fingerprint density at radius 3 is 3.00 bits per heavy atom. The highest BCUT2D eigenvalue weighted by atomic mass is 16.5. The third-order valence-corrected chi connectivity index (χ3v) is 3.38. The normalized spacial score (nSPS) is 16.5. The molecule has 1 heterocycles. The Balaban J connectivity index is 1.77. The van der Waals surface area contributed by atoms with Crippen LogP contribution in [0.4, 0.5) is 4.79 Å². The molecule has 114 valence electrons. The van der Waals surface area contributed by atoms with Crippen molar-refractivity contribution < 1.29 is 19.4 Å². The number of carboxylic acids is 1. The van der Waals surface area contributed by atoms with E-state index in [4.69, 9.17) is 9.84 Å². The average Bonchev–Trinajstić information content (AvgIpc) is 2.43. The van der Waals surface area contributed by atoms with E-state index in [2.05, 4.69) is 10.6 Å². The Hall–Kier alpha value is -2.24. The number of nitrogens with one attached hydrogen (secondary N) is 2. The van der Waals surface area contributed by atoms with Gasteiger partial charge in [-0.1, -0.05) is 18.2 Å². The quantitative estimate of drug-likeness (QED) is 0.717. The Bertz CT molecular complexity index is 530. The summed E-state index contributed by atoms with van der Waals surface area (Å²) >= 11 is 0. The largest absolute Gasteiger partial charge is 0.491 e. The molecule has 3 N–H and O–H groups in total.